The SMILES string of the molecule is Cc1cc2nc3n(c2cc1C)CCn1cc(-c2ccccc2)c([N+](=O)[O-])c1-3. The summed E-state index contributed by atoms with van der Waals surface area (Å²) in [6, 6.07) is 13.7. The summed E-state index contributed by atoms with van der Waals surface area (Å²) in [5, 5.41) is 12.0. The van der Waals surface area contributed by atoms with Gasteiger partial charge >= 0.3 is 5.69 Å². The van der Waals surface area contributed by atoms with Crippen LogP contribution in [-0.2, 0) is 13.1 Å². The largest absolute Gasteiger partial charge is 0.337 e. The maximum Gasteiger partial charge on any atom is 0.305 e. The minimum atomic E-state index is -0.278. The topological polar surface area (TPSA) is 65.9 Å². The van der Waals surface area contributed by atoms with Crippen molar-refractivity contribution in [3.8, 4) is 22.6 Å². The molecule has 5 rings (SSSR count). The normalized spacial score (nSPS) is 12.8. The second-order valence-electron chi connectivity index (χ2n) is 7.07. The first-order chi connectivity index (χ1) is 13.0. The second kappa shape index (κ2) is 5.54. The van der Waals surface area contributed by atoms with E-state index in [0.29, 0.717) is 23.6 Å². The number of aryl methyl sites for hydroxylation is 4. The molecule has 0 atom stereocenters. The predicted octanol–water partition coefficient (Wildman–Crippen LogP) is 4.71. The predicted molar refractivity (Wildman–Crippen MR) is 105 cm³/mol. The van der Waals surface area contributed by atoms with Crippen LogP contribution in [0.1, 0.15) is 11.1 Å². The quantitative estimate of drug-likeness (QED) is 0.385. The molecule has 1 aliphatic heterocycles. The van der Waals surface area contributed by atoms with Gasteiger partial charge in [0.2, 0.25) is 0 Å². The van der Waals surface area contributed by atoms with Crippen LogP contribution in [0.4, 0.5) is 5.69 Å². The van der Waals surface area contributed by atoms with Crippen molar-refractivity contribution in [3.63, 3.8) is 0 Å². The molecule has 6 nitrogen and oxygen atoms in total. The minimum absolute atomic E-state index is 0.130. The van der Waals surface area contributed by atoms with Gasteiger partial charge in [0.15, 0.2) is 11.5 Å². The zero-order chi connectivity index (χ0) is 18.7. The van der Waals surface area contributed by atoms with E-state index in [9.17, 15) is 10.1 Å². The summed E-state index contributed by atoms with van der Waals surface area (Å²) in [6.45, 7) is 5.58. The third-order valence-electron chi connectivity index (χ3n) is 5.46. The van der Waals surface area contributed by atoms with Crippen LogP contribution >= 0.6 is 0 Å². The Morgan fingerprint density at radius 1 is 1.07 bits per heavy atom. The van der Waals surface area contributed by atoms with E-state index in [1.54, 1.807) is 0 Å². The van der Waals surface area contributed by atoms with Crippen molar-refractivity contribution in [2.45, 2.75) is 26.9 Å². The van der Waals surface area contributed by atoms with E-state index in [-0.39, 0.29) is 10.6 Å². The van der Waals surface area contributed by atoms with Crippen molar-refractivity contribution >= 4 is 16.7 Å². The third-order valence-corrected chi connectivity index (χ3v) is 5.46. The number of imidazole rings is 1. The zero-order valence-electron chi connectivity index (χ0n) is 15.1. The highest BCUT2D eigenvalue weighted by atomic mass is 16.6. The lowest BCUT2D eigenvalue weighted by Gasteiger charge is -2.17. The van der Waals surface area contributed by atoms with Gasteiger partial charge in [-0.2, -0.15) is 0 Å². The van der Waals surface area contributed by atoms with Crippen molar-refractivity contribution in [2.24, 2.45) is 0 Å². The number of rotatable bonds is 2. The molecule has 4 aromatic rings. The molecule has 0 saturated heterocycles. The molecule has 1 aliphatic rings. The number of nitrogens with zero attached hydrogens (tertiary/aromatic N) is 4. The first-order valence-electron chi connectivity index (χ1n) is 8.95. The van der Waals surface area contributed by atoms with Gasteiger partial charge in [-0.25, -0.2) is 4.98 Å². The molecule has 3 heterocycles. The molecule has 0 spiro atoms. The summed E-state index contributed by atoms with van der Waals surface area (Å²) in [7, 11) is 0. The van der Waals surface area contributed by atoms with E-state index in [2.05, 4.69) is 30.5 Å². The lowest BCUT2D eigenvalue weighted by molar-refractivity contribution is -0.383. The number of hydrogen-bond donors (Lipinski definition) is 0. The molecule has 0 saturated carbocycles. The van der Waals surface area contributed by atoms with E-state index in [1.165, 1.54) is 11.1 Å². The molecule has 2 aromatic heterocycles. The standard InChI is InChI=1S/C21H18N4O2/c1-13-10-17-18(11-14(13)2)24-9-8-23-12-16(15-6-4-3-5-7-15)19(25(26)27)20(23)21(24)22-17/h3-7,10-12H,8-9H2,1-2H3. The highest BCUT2D eigenvalue weighted by Gasteiger charge is 2.33. The first kappa shape index (κ1) is 15.8. The molecule has 6 heteroatoms. The molecule has 0 aliphatic carbocycles. The zero-order valence-corrected chi connectivity index (χ0v) is 15.1. The van der Waals surface area contributed by atoms with Gasteiger partial charge in [0.1, 0.15) is 0 Å². The van der Waals surface area contributed by atoms with Crippen LogP contribution in [0, 0.1) is 24.0 Å². The molecule has 0 N–H and O–H groups in total. The molecule has 27 heavy (non-hydrogen) atoms. The average molecular weight is 358 g/mol. The molecule has 0 bridgehead atoms. The molecule has 0 unspecified atom stereocenters. The van der Waals surface area contributed by atoms with E-state index in [4.69, 9.17) is 4.98 Å². The van der Waals surface area contributed by atoms with Crippen LogP contribution in [0.3, 0.4) is 0 Å². The molecule has 2 aromatic carbocycles. The van der Waals surface area contributed by atoms with Gasteiger partial charge in [-0.05, 0) is 42.7 Å². The van der Waals surface area contributed by atoms with E-state index >= 15 is 0 Å². The van der Waals surface area contributed by atoms with Gasteiger partial charge in [-0.1, -0.05) is 30.3 Å². The maximum absolute atomic E-state index is 12.0. The Balaban J connectivity index is 1.82. The van der Waals surface area contributed by atoms with Crippen LogP contribution in [0.15, 0.2) is 48.7 Å². The van der Waals surface area contributed by atoms with Gasteiger partial charge in [0.05, 0.1) is 21.5 Å². The number of hydrogen-bond acceptors (Lipinski definition) is 3. The fourth-order valence-corrected chi connectivity index (χ4v) is 3.96. The number of benzene rings is 2. The Kier molecular flexibility index (Phi) is 3.25. The van der Waals surface area contributed by atoms with Crippen LogP contribution in [0.25, 0.3) is 33.7 Å². The summed E-state index contributed by atoms with van der Waals surface area (Å²) < 4.78 is 4.08. The number of nitro groups is 1. The lowest BCUT2D eigenvalue weighted by atomic mass is 10.1. The Hall–Kier alpha value is -3.41. The van der Waals surface area contributed by atoms with Crippen LogP contribution in [-0.4, -0.2) is 19.0 Å². The lowest BCUT2D eigenvalue weighted by Crippen LogP contribution is -2.16. The summed E-state index contributed by atoms with van der Waals surface area (Å²) in [6.07, 6.45) is 1.89. The van der Waals surface area contributed by atoms with Gasteiger partial charge < -0.3 is 9.13 Å². The van der Waals surface area contributed by atoms with Gasteiger partial charge in [0.25, 0.3) is 0 Å². The van der Waals surface area contributed by atoms with E-state index in [0.717, 1.165) is 23.1 Å². The van der Waals surface area contributed by atoms with Crippen molar-refractivity contribution in [1.29, 1.82) is 0 Å². The summed E-state index contributed by atoms with van der Waals surface area (Å²) in [5.41, 5.74) is 6.51. The molecule has 134 valence electrons. The van der Waals surface area contributed by atoms with Gasteiger partial charge in [-0.3, -0.25) is 10.1 Å². The maximum atomic E-state index is 12.0. The average Bonchev–Trinajstić information content (AvgIpc) is 3.21. The van der Waals surface area contributed by atoms with E-state index < -0.39 is 0 Å². The van der Waals surface area contributed by atoms with E-state index in [1.807, 2.05) is 41.1 Å². The summed E-state index contributed by atoms with van der Waals surface area (Å²) in [5.74, 6) is 0.676. The Labute approximate surface area is 155 Å². The fraction of sp³-hybridized carbons (Fsp3) is 0.190. The van der Waals surface area contributed by atoms with Crippen LogP contribution in [0.2, 0.25) is 0 Å². The highest BCUT2D eigenvalue weighted by molar-refractivity contribution is 5.88. The monoisotopic (exact) mass is 358 g/mol. The third kappa shape index (κ3) is 2.23. The Bertz CT molecular complexity index is 1220. The molecule has 0 fully saturated rings. The minimum Gasteiger partial charge on any atom is -0.337 e. The van der Waals surface area contributed by atoms with Crippen LogP contribution in [0.5, 0.6) is 0 Å². The molecule has 0 radical (unpaired) electrons. The Morgan fingerprint density at radius 3 is 2.56 bits per heavy atom. The van der Waals surface area contributed by atoms with Crippen molar-refractivity contribution in [1.82, 2.24) is 14.1 Å². The second-order valence-corrected chi connectivity index (χ2v) is 7.07. The molecular formula is C21H18N4O2. The van der Waals surface area contributed by atoms with Crippen molar-refractivity contribution < 1.29 is 4.92 Å². The van der Waals surface area contributed by atoms with Crippen molar-refractivity contribution in [2.75, 3.05) is 0 Å². The fourth-order valence-electron chi connectivity index (χ4n) is 3.96. The van der Waals surface area contributed by atoms with Gasteiger partial charge in [0, 0.05) is 19.3 Å². The Morgan fingerprint density at radius 2 is 1.81 bits per heavy atom. The van der Waals surface area contributed by atoms with Gasteiger partial charge in [-0.15, -0.1) is 0 Å². The first-order valence-corrected chi connectivity index (χ1v) is 8.95. The molecular weight excluding hydrogens is 340 g/mol. The number of fused-ring (bicyclic) bond motifs is 5. The summed E-state index contributed by atoms with van der Waals surface area (Å²) >= 11 is 0. The smallest absolute Gasteiger partial charge is 0.305 e. The van der Waals surface area contributed by atoms with Crippen molar-refractivity contribution in [3.05, 3.63) is 69.9 Å². The number of aromatic nitrogens is 3. The van der Waals surface area contributed by atoms with Crippen LogP contribution < -0.4 is 0 Å². The summed E-state index contributed by atoms with van der Waals surface area (Å²) in [4.78, 5) is 16.5. The highest BCUT2D eigenvalue weighted by Crippen LogP contribution is 2.43. The molecule has 0 amide bonds.